The van der Waals surface area contributed by atoms with Gasteiger partial charge in [-0.15, -0.1) is 0 Å². The molecule has 10 heteroatoms. The van der Waals surface area contributed by atoms with Gasteiger partial charge >= 0.3 is 5.69 Å². The fraction of sp³-hybridized carbons (Fsp3) is 0.520. The van der Waals surface area contributed by atoms with Crippen LogP contribution in [-0.2, 0) is 25.4 Å². The molecule has 186 valence electrons. The SMILES string of the molecule is Cn1c(=O)c2c(nc(N3CCN(C(=O)CC4CCCC4)CC3)n2Cc2ccc(F)cc2)n(C)c1=O. The summed E-state index contributed by atoms with van der Waals surface area (Å²) in [6, 6.07) is 6.13. The van der Waals surface area contributed by atoms with Gasteiger partial charge in [-0.3, -0.25) is 23.3 Å². The molecule has 0 unspecified atom stereocenters. The van der Waals surface area contributed by atoms with Crippen LogP contribution >= 0.6 is 0 Å². The lowest BCUT2D eigenvalue weighted by Gasteiger charge is -2.36. The van der Waals surface area contributed by atoms with E-state index < -0.39 is 11.2 Å². The molecule has 1 saturated carbocycles. The number of nitrogens with zero attached hydrogens (tertiary/aromatic N) is 6. The maximum atomic E-state index is 13.5. The van der Waals surface area contributed by atoms with Crippen molar-refractivity contribution in [2.24, 2.45) is 20.0 Å². The molecule has 0 radical (unpaired) electrons. The number of aromatic nitrogens is 4. The van der Waals surface area contributed by atoms with E-state index in [1.165, 1.54) is 36.6 Å². The molecule has 1 aliphatic carbocycles. The molecule has 1 saturated heterocycles. The number of aryl methyl sites for hydroxylation is 1. The van der Waals surface area contributed by atoms with Crippen molar-refractivity contribution < 1.29 is 9.18 Å². The molecule has 2 aromatic heterocycles. The van der Waals surface area contributed by atoms with Crippen LogP contribution in [0.3, 0.4) is 0 Å². The zero-order valence-corrected chi connectivity index (χ0v) is 20.2. The van der Waals surface area contributed by atoms with Gasteiger partial charge in [-0.05, 0) is 36.5 Å². The van der Waals surface area contributed by atoms with Crippen LogP contribution in [0.1, 0.15) is 37.7 Å². The Morgan fingerprint density at radius 3 is 2.31 bits per heavy atom. The maximum absolute atomic E-state index is 13.5. The summed E-state index contributed by atoms with van der Waals surface area (Å²) in [5.74, 6) is 0.970. The van der Waals surface area contributed by atoms with Gasteiger partial charge in [-0.2, -0.15) is 4.98 Å². The van der Waals surface area contributed by atoms with Crippen LogP contribution in [-0.4, -0.2) is 55.7 Å². The van der Waals surface area contributed by atoms with Crippen LogP contribution < -0.4 is 16.1 Å². The second-order valence-corrected chi connectivity index (χ2v) is 9.72. The number of amides is 1. The Morgan fingerprint density at radius 1 is 1.00 bits per heavy atom. The first kappa shape index (κ1) is 23.3. The van der Waals surface area contributed by atoms with Crippen molar-refractivity contribution in [1.29, 1.82) is 0 Å². The van der Waals surface area contributed by atoms with Gasteiger partial charge in [-0.1, -0.05) is 25.0 Å². The van der Waals surface area contributed by atoms with Crippen molar-refractivity contribution >= 4 is 23.0 Å². The molecule has 9 nitrogen and oxygen atoms in total. The van der Waals surface area contributed by atoms with Crippen LogP contribution in [0.4, 0.5) is 10.3 Å². The summed E-state index contributed by atoms with van der Waals surface area (Å²) in [5.41, 5.74) is 0.592. The lowest BCUT2D eigenvalue weighted by molar-refractivity contribution is -0.132. The van der Waals surface area contributed by atoms with Crippen LogP contribution in [0.15, 0.2) is 33.9 Å². The monoisotopic (exact) mass is 482 g/mol. The number of anilines is 1. The number of carbonyl (C=O) groups excluding carboxylic acids is 1. The fourth-order valence-electron chi connectivity index (χ4n) is 5.34. The molecule has 0 N–H and O–H groups in total. The molecule has 0 atom stereocenters. The van der Waals surface area contributed by atoms with E-state index in [4.69, 9.17) is 4.98 Å². The largest absolute Gasteiger partial charge is 0.339 e. The standard InChI is InChI=1S/C25H31FN6O3/c1-28-22-21(23(34)29(2)25(28)35)32(16-18-7-9-19(26)10-8-18)24(27-22)31-13-11-30(12-14-31)20(33)15-17-5-3-4-6-17/h7-10,17H,3-6,11-16H2,1-2H3. The summed E-state index contributed by atoms with van der Waals surface area (Å²) in [6.07, 6.45) is 5.36. The van der Waals surface area contributed by atoms with E-state index in [1.807, 2.05) is 4.90 Å². The number of piperazine rings is 1. The summed E-state index contributed by atoms with van der Waals surface area (Å²) >= 11 is 0. The minimum Gasteiger partial charge on any atom is -0.339 e. The Hall–Kier alpha value is -3.43. The van der Waals surface area contributed by atoms with E-state index in [0.29, 0.717) is 62.2 Å². The number of hydrogen-bond donors (Lipinski definition) is 0. The Labute approximate surface area is 202 Å². The third-order valence-corrected chi connectivity index (χ3v) is 7.44. The van der Waals surface area contributed by atoms with E-state index in [1.54, 1.807) is 23.7 Å². The highest BCUT2D eigenvalue weighted by atomic mass is 19.1. The summed E-state index contributed by atoms with van der Waals surface area (Å²) in [7, 11) is 3.05. The Balaban J connectivity index is 1.46. The summed E-state index contributed by atoms with van der Waals surface area (Å²) in [4.78, 5) is 47.2. The number of halogens is 1. The highest BCUT2D eigenvalue weighted by Gasteiger charge is 2.28. The molecule has 5 rings (SSSR count). The van der Waals surface area contributed by atoms with Crippen LogP contribution in [0.5, 0.6) is 0 Å². The number of hydrogen-bond acceptors (Lipinski definition) is 5. The van der Waals surface area contributed by atoms with Gasteiger partial charge < -0.3 is 9.80 Å². The predicted octanol–water partition coefficient (Wildman–Crippen LogP) is 1.85. The highest BCUT2D eigenvalue weighted by molar-refractivity contribution is 5.77. The normalized spacial score (nSPS) is 17.0. The zero-order valence-electron chi connectivity index (χ0n) is 20.2. The molecule has 2 aliphatic rings. The molecule has 1 aliphatic heterocycles. The molecular formula is C25H31FN6O3. The van der Waals surface area contributed by atoms with Crippen LogP contribution in [0, 0.1) is 11.7 Å². The first-order valence-corrected chi connectivity index (χ1v) is 12.3. The van der Waals surface area contributed by atoms with E-state index in [-0.39, 0.29) is 11.7 Å². The van der Waals surface area contributed by atoms with Gasteiger partial charge in [-0.25, -0.2) is 9.18 Å². The molecule has 3 heterocycles. The quantitative estimate of drug-likeness (QED) is 0.554. The predicted molar refractivity (Wildman–Crippen MR) is 131 cm³/mol. The Kier molecular flexibility index (Phi) is 6.21. The van der Waals surface area contributed by atoms with E-state index in [9.17, 15) is 18.8 Å². The zero-order chi connectivity index (χ0) is 24.7. The third-order valence-electron chi connectivity index (χ3n) is 7.44. The topological polar surface area (TPSA) is 85.4 Å². The number of rotatable bonds is 5. The minimum atomic E-state index is -0.442. The number of imidazole rings is 1. The first-order valence-electron chi connectivity index (χ1n) is 12.3. The number of fused-ring (bicyclic) bond motifs is 1. The van der Waals surface area contributed by atoms with Gasteiger partial charge in [0.2, 0.25) is 11.9 Å². The third kappa shape index (κ3) is 4.37. The summed E-state index contributed by atoms with van der Waals surface area (Å²) < 4.78 is 17.7. The van der Waals surface area contributed by atoms with E-state index >= 15 is 0 Å². The minimum absolute atomic E-state index is 0.215. The van der Waals surface area contributed by atoms with Crippen molar-refractivity contribution in [3.05, 3.63) is 56.5 Å². The van der Waals surface area contributed by atoms with Crippen molar-refractivity contribution in [3.8, 4) is 0 Å². The smallest absolute Gasteiger partial charge is 0.332 e. The number of benzene rings is 1. The summed E-state index contributed by atoms with van der Waals surface area (Å²) in [5, 5.41) is 0. The van der Waals surface area contributed by atoms with Gasteiger partial charge in [0, 0.05) is 46.7 Å². The molecule has 1 amide bonds. The molecule has 0 bridgehead atoms. The van der Waals surface area contributed by atoms with Gasteiger partial charge in [0.15, 0.2) is 11.2 Å². The first-order chi connectivity index (χ1) is 16.8. The average Bonchev–Trinajstić information content (AvgIpc) is 3.51. The van der Waals surface area contributed by atoms with Crippen molar-refractivity contribution in [2.75, 3.05) is 31.1 Å². The van der Waals surface area contributed by atoms with Gasteiger partial charge in [0.1, 0.15) is 5.82 Å². The van der Waals surface area contributed by atoms with E-state index in [0.717, 1.165) is 23.0 Å². The van der Waals surface area contributed by atoms with Crippen molar-refractivity contribution in [1.82, 2.24) is 23.6 Å². The highest BCUT2D eigenvalue weighted by Crippen LogP contribution is 2.28. The van der Waals surface area contributed by atoms with Crippen LogP contribution in [0.25, 0.3) is 11.2 Å². The Bertz CT molecular complexity index is 1360. The lowest BCUT2D eigenvalue weighted by Crippen LogP contribution is -2.49. The van der Waals surface area contributed by atoms with Crippen LogP contribution in [0.2, 0.25) is 0 Å². The van der Waals surface area contributed by atoms with E-state index in [2.05, 4.69) is 4.90 Å². The van der Waals surface area contributed by atoms with Gasteiger partial charge in [0.05, 0.1) is 6.54 Å². The molecule has 3 aromatic rings. The maximum Gasteiger partial charge on any atom is 0.332 e. The Morgan fingerprint density at radius 2 is 1.66 bits per heavy atom. The molecule has 35 heavy (non-hydrogen) atoms. The molecule has 0 spiro atoms. The lowest BCUT2D eigenvalue weighted by atomic mass is 10.0. The molecule has 1 aromatic carbocycles. The van der Waals surface area contributed by atoms with Crippen molar-refractivity contribution in [2.45, 2.75) is 38.6 Å². The van der Waals surface area contributed by atoms with Crippen molar-refractivity contribution in [3.63, 3.8) is 0 Å². The fourth-order valence-corrected chi connectivity index (χ4v) is 5.34. The van der Waals surface area contributed by atoms with Gasteiger partial charge in [0.25, 0.3) is 5.56 Å². The number of carbonyl (C=O) groups is 1. The summed E-state index contributed by atoms with van der Waals surface area (Å²) in [6.45, 7) is 2.64. The second kappa shape index (κ2) is 9.31. The average molecular weight is 483 g/mol. The molecular weight excluding hydrogens is 451 g/mol. The second-order valence-electron chi connectivity index (χ2n) is 9.72. The molecule has 2 fully saturated rings.